The lowest BCUT2D eigenvalue weighted by atomic mass is 9.91. The second-order valence-corrected chi connectivity index (χ2v) is 8.59. The number of fused-ring (bicyclic) bond motifs is 2. The number of carbonyl (C=O) groups is 1. The van der Waals surface area contributed by atoms with Crippen LogP contribution < -0.4 is 24.8 Å². The van der Waals surface area contributed by atoms with Gasteiger partial charge in [0.15, 0.2) is 11.5 Å². The molecule has 4 rings (SSSR count). The van der Waals surface area contributed by atoms with Gasteiger partial charge in [-0.3, -0.25) is 0 Å². The van der Waals surface area contributed by atoms with Gasteiger partial charge in [0.1, 0.15) is 17.5 Å². The van der Waals surface area contributed by atoms with Crippen LogP contribution in [0.3, 0.4) is 0 Å². The minimum atomic E-state index is -0.882. The highest BCUT2D eigenvalue weighted by molar-refractivity contribution is 7.10. The van der Waals surface area contributed by atoms with Gasteiger partial charge in [0, 0.05) is 25.6 Å². The summed E-state index contributed by atoms with van der Waals surface area (Å²) in [5, 5.41) is 18.2. The molecule has 0 unspecified atom stereocenters. The van der Waals surface area contributed by atoms with Gasteiger partial charge in [-0.1, -0.05) is 0 Å². The van der Waals surface area contributed by atoms with Gasteiger partial charge < -0.3 is 30.0 Å². The molecule has 2 amide bonds. The summed E-state index contributed by atoms with van der Waals surface area (Å²) in [5.41, 5.74) is -0.240. The molecule has 0 spiro atoms. The number of carbonyl (C=O) groups excluding carboxylic acids is 1. The molecule has 0 fully saturated rings. The molecule has 0 aliphatic carbocycles. The average molecular weight is 390 g/mol. The fourth-order valence-corrected chi connectivity index (χ4v) is 4.16. The number of aliphatic hydroxyl groups is 1. The van der Waals surface area contributed by atoms with Crippen molar-refractivity contribution in [1.29, 1.82) is 0 Å². The van der Waals surface area contributed by atoms with Gasteiger partial charge in [-0.05, 0) is 37.4 Å². The molecule has 8 heteroatoms. The van der Waals surface area contributed by atoms with E-state index in [1.165, 1.54) is 11.3 Å². The highest BCUT2D eigenvalue weighted by Gasteiger charge is 2.44. The molecule has 27 heavy (non-hydrogen) atoms. The highest BCUT2D eigenvalue weighted by Crippen LogP contribution is 2.43. The summed E-state index contributed by atoms with van der Waals surface area (Å²) in [5.74, 6) is 1.17. The SMILES string of the molecule is CC1(C)Oc2ccc(NC(=O)N[C@H]3c4sccc4OC(C)(C)[C@@H]3O)cc2O1. The molecule has 7 nitrogen and oxygen atoms in total. The van der Waals surface area contributed by atoms with Crippen molar-refractivity contribution in [1.82, 2.24) is 5.32 Å². The Hall–Kier alpha value is -2.45. The monoisotopic (exact) mass is 390 g/mol. The van der Waals surface area contributed by atoms with E-state index in [9.17, 15) is 9.90 Å². The van der Waals surface area contributed by atoms with Gasteiger partial charge in [0.25, 0.3) is 0 Å². The first-order valence-corrected chi connectivity index (χ1v) is 9.57. The molecule has 1 aromatic heterocycles. The van der Waals surface area contributed by atoms with Crippen LogP contribution in [-0.2, 0) is 0 Å². The Morgan fingerprint density at radius 2 is 1.81 bits per heavy atom. The summed E-state index contributed by atoms with van der Waals surface area (Å²) in [4.78, 5) is 13.4. The van der Waals surface area contributed by atoms with Crippen molar-refractivity contribution in [2.45, 2.75) is 51.2 Å². The second kappa shape index (κ2) is 6.03. The predicted octanol–water partition coefficient (Wildman–Crippen LogP) is 3.65. The molecule has 1 aromatic carbocycles. The van der Waals surface area contributed by atoms with Gasteiger partial charge >= 0.3 is 6.03 Å². The topological polar surface area (TPSA) is 89.1 Å². The van der Waals surface area contributed by atoms with Crippen LogP contribution in [0, 0.1) is 0 Å². The zero-order valence-electron chi connectivity index (χ0n) is 15.5. The number of nitrogens with one attached hydrogen (secondary N) is 2. The van der Waals surface area contributed by atoms with Crippen molar-refractivity contribution in [2.24, 2.45) is 0 Å². The maximum atomic E-state index is 12.6. The maximum absolute atomic E-state index is 12.6. The number of anilines is 1. The first-order valence-electron chi connectivity index (χ1n) is 8.69. The number of thiophene rings is 1. The lowest BCUT2D eigenvalue weighted by Crippen LogP contribution is -2.53. The zero-order chi connectivity index (χ0) is 19.4. The number of rotatable bonds is 2. The molecular weight excluding hydrogens is 368 g/mol. The van der Waals surface area contributed by atoms with Crippen LogP contribution >= 0.6 is 11.3 Å². The average Bonchev–Trinajstić information content (AvgIpc) is 3.12. The summed E-state index contributed by atoms with van der Waals surface area (Å²) in [7, 11) is 0. The molecule has 0 saturated carbocycles. The van der Waals surface area contributed by atoms with E-state index in [0.29, 0.717) is 22.9 Å². The van der Waals surface area contributed by atoms with Gasteiger partial charge in [0.2, 0.25) is 5.79 Å². The van der Waals surface area contributed by atoms with Gasteiger partial charge in [-0.15, -0.1) is 11.3 Å². The van der Waals surface area contributed by atoms with Crippen LogP contribution in [0.15, 0.2) is 29.6 Å². The first kappa shape index (κ1) is 17.9. The van der Waals surface area contributed by atoms with Crippen LogP contribution in [0.4, 0.5) is 10.5 Å². The Morgan fingerprint density at radius 3 is 2.59 bits per heavy atom. The lowest BCUT2D eigenvalue weighted by Gasteiger charge is -2.40. The van der Waals surface area contributed by atoms with Crippen LogP contribution in [0.2, 0.25) is 0 Å². The Labute approximate surface area is 161 Å². The largest absolute Gasteiger partial charge is 0.484 e. The Morgan fingerprint density at radius 1 is 1.07 bits per heavy atom. The quantitative estimate of drug-likeness (QED) is 0.728. The smallest absolute Gasteiger partial charge is 0.319 e. The second-order valence-electron chi connectivity index (χ2n) is 7.64. The van der Waals surface area contributed by atoms with E-state index in [2.05, 4.69) is 10.6 Å². The molecule has 0 radical (unpaired) electrons. The van der Waals surface area contributed by atoms with Crippen LogP contribution in [0.1, 0.15) is 38.6 Å². The van der Waals surface area contributed by atoms with Crippen LogP contribution in [0.25, 0.3) is 0 Å². The molecule has 2 aromatic rings. The summed E-state index contributed by atoms with van der Waals surface area (Å²) in [6, 6.07) is 6.07. The summed E-state index contributed by atoms with van der Waals surface area (Å²) < 4.78 is 17.2. The lowest BCUT2D eigenvalue weighted by molar-refractivity contribution is -0.0602. The number of amides is 2. The van der Waals surface area contributed by atoms with E-state index < -0.39 is 29.6 Å². The van der Waals surface area contributed by atoms with Crippen molar-refractivity contribution in [3.8, 4) is 17.2 Å². The highest BCUT2D eigenvalue weighted by atomic mass is 32.1. The van der Waals surface area contributed by atoms with Crippen LogP contribution in [0.5, 0.6) is 17.2 Å². The third kappa shape index (κ3) is 3.30. The van der Waals surface area contributed by atoms with Crippen LogP contribution in [-0.4, -0.2) is 28.6 Å². The van der Waals surface area contributed by atoms with E-state index in [-0.39, 0.29) is 0 Å². The number of urea groups is 1. The number of hydrogen-bond acceptors (Lipinski definition) is 6. The molecule has 0 bridgehead atoms. The summed E-state index contributed by atoms with van der Waals surface area (Å²) >= 11 is 1.44. The Bertz CT molecular complexity index is 892. The zero-order valence-corrected chi connectivity index (χ0v) is 16.3. The third-order valence-electron chi connectivity index (χ3n) is 4.54. The Balaban J connectivity index is 1.49. The third-order valence-corrected chi connectivity index (χ3v) is 5.52. The molecule has 2 aliphatic heterocycles. The van der Waals surface area contributed by atoms with Crippen molar-refractivity contribution in [3.63, 3.8) is 0 Å². The molecule has 3 N–H and O–H groups in total. The van der Waals surface area contributed by atoms with Crippen molar-refractivity contribution < 1.29 is 24.1 Å². The minimum Gasteiger partial charge on any atom is -0.484 e. The number of benzene rings is 1. The van der Waals surface area contributed by atoms with E-state index in [1.54, 1.807) is 32.0 Å². The predicted molar refractivity (Wildman–Crippen MR) is 102 cm³/mol. The van der Waals surface area contributed by atoms with E-state index in [1.807, 2.05) is 25.3 Å². The van der Waals surface area contributed by atoms with E-state index in [0.717, 1.165) is 4.88 Å². The van der Waals surface area contributed by atoms with Gasteiger partial charge in [-0.25, -0.2) is 4.79 Å². The normalized spacial score (nSPS) is 23.9. The minimum absolute atomic E-state index is 0.422. The fraction of sp³-hybridized carbons (Fsp3) is 0.421. The summed E-state index contributed by atoms with van der Waals surface area (Å²) in [6.07, 6.45) is -0.882. The van der Waals surface area contributed by atoms with E-state index >= 15 is 0 Å². The van der Waals surface area contributed by atoms with Crippen molar-refractivity contribution >= 4 is 23.1 Å². The molecular formula is C19H22N2O5S. The molecule has 2 aliphatic rings. The van der Waals surface area contributed by atoms with E-state index in [4.69, 9.17) is 14.2 Å². The van der Waals surface area contributed by atoms with Crippen molar-refractivity contribution in [2.75, 3.05) is 5.32 Å². The Kier molecular flexibility index (Phi) is 4.01. The molecule has 0 saturated heterocycles. The van der Waals surface area contributed by atoms with Gasteiger partial charge in [0.05, 0.1) is 10.9 Å². The number of hydrogen-bond donors (Lipinski definition) is 3. The molecule has 144 valence electrons. The van der Waals surface area contributed by atoms with Gasteiger partial charge in [-0.2, -0.15) is 0 Å². The van der Waals surface area contributed by atoms with Crippen molar-refractivity contribution in [3.05, 3.63) is 34.5 Å². The standard InChI is InChI=1S/C19H22N2O5S/c1-18(2)16(22)14(15-12(24-18)7-8-27-15)21-17(23)20-10-5-6-11-13(9-10)26-19(3,4)25-11/h5-9,14,16,22H,1-4H3,(H2,20,21,23)/t14-,16+/m0/s1. The number of ether oxygens (including phenoxy) is 3. The summed E-state index contributed by atoms with van der Waals surface area (Å²) in [6.45, 7) is 7.23. The molecule has 2 atom stereocenters. The fourth-order valence-electron chi connectivity index (χ4n) is 3.26. The number of aliphatic hydroxyl groups excluding tert-OH is 1. The first-order chi connectivity index (χ1) is 12.6. The maximum Gasteiger partial charge on any atom is 0.319 e. The molecule has 3 heterocycles.